The van der Waals surface area contributed by atoms with Crippen molar-refractivity contribution in [1.82, 2.24) is 24.5 Å². The quantitative estimate of drug-likeness (QED) is 0.777. The number of nitrogens with zero attached hydrogens (tertiary/aromatic N) is 6. The zero-order valence-corrected chi connectivity index (χ0v) is 16.6. The number of likely N-dealkylation sites (N-methyl/N-ethyl adjacent to an activating group) is 1. The predicted molar refractivity (Wildman–Crippen MR) is 101 cm³/mol. The average molecular weight is 360 g/mol. The molecule has 0 spiro atoms. The minimum Gasteiger partial charge on any atom is -0.376 e. The lowest BCUT2D eigenvalue weighted by Crippen LogP contribution is -2.35. The zero-order chi connectivity index (χ0) is 19.6. The van der Waals surface area contributed by atoms with Gasteiger partial charge in [-0.25, -0.2) is 4.68 Å². The van der Waals surface area contributed by atoms with Crippen molar-refractivity contribution in [3.63, 3.8) is 0 Å². The number of hydrogen-bond acceptors (Lipinski definition) is 5. The largest absolute Gasteiger partial charge is 0.376 e. The summed E-state index contributed by atoms with van der Waals surface area (Å²) in [6.45, 7) is 8.49. The highest BCUT2D eigenvalue weighted by atomic mass is 16.2. The molecule has 0 N–H and O–H groups in total. The second-order valence-electron chi connectivity index (χ2n) is 7.04. The third-order valence-corrected chi connectivity index (χ3v) is 4.44. The van der Waals surface area contributed by atoms with Gasteiger partial charge in [0.2, 0.25) is 5.91 Å². The highest BCUT2D eigenvalue weighted by molar-refractivity contribution is 5.75. The fourth-order valence-electron chi connectivity index (χ4n) is 2.79. The van der Waals surface area contributed by atoms with Crippen molar-refractivity contribution in [2.75, 3.05) is 26.0 Å². The Kier molecular flexibility index (Phi) is 5.84. The molecule has 142 valence electrons. The molecule has 8 nitrogen and oxygen atoms in total. The first-order chi connectivity index (χ1) is 12.1. The Bertz CT molecular complexity index is 850. The second-order valence-corrected chi connectivity index (χ2v) is 7.04. The van der Waals surface area contributed by atoms with Crippen LogP contribution in [0.2, 0.25) is 0 Å². The van der Waals surface area contributed by atoms with Gasteiger partial charge in [0, 0.05) is 51.1 Å². The summed E-state index contributed by atoms with van der Waals surface area (Å²) in [5, 5.41) is 8.64. The van der Waals surface area contributed by atoms with Crippen molar-refractivity contribution < 1.29 is 4.79 Å². The van der Waals surface area contributed by atoms with Gasteiger partial charge in [0.05, 0.1) is 17.6 Å². The van der Waals surface area contributed by atoms with E-state index in [1.165, 1.54) is 10.7 Å². The number of anilines is 1. The van der Waals surface area contributed by atoms with Gasteiger partial charge in [-0.2, -0.15) is 10.2 Å². The average Bonchev–Trinajstić information content (AvgIpc) is 2.84. The van der Waals surface area contributed by atoms with E-state index in [4.69, 9.17) is 0 Å². The van der Waals surface area contributed by atoms with E-state index >= 15 is 0 Å². The molecule has 26 heavy (non-hydrogen) atoms. The Morgan fingerprint density at radius 1 is 1.23 bits per heavy atom. The lowest BCUT2D eigenvalue weighted by Gasteiger charge is -2.18. The lowest BCUT2D eigenvalue weighted by atomic mass is 10.2. The molecule has 0 saturated carbocycles. The smallest absolute Gasteiger partial charge is 0.269 e. The SMILES string of the molecule is Cc1nn(C(C)C)c(C)c1CN(C)C(=O)Cn1ncc(N(C)C)cc1=O. The molecule has 2 aromatic heterocycles. The zero-order valence-electron chi connectivity index (χ0n) is 16.6. The lowest BCUT2D eigenvalue weighted by molar-refractivity contribution is -0.131. The normalized spacial score (nSPS) is 11.1. The number of amides is 1. The van der Waals surface area contributed by atoms with Gasteiger partial charge in [0.25, 0.3) is 5.56 Å². The Balaban J connectivity index is 2.13. The summed E-state index contributed by atoms with van der Waals surface area (Å²) >= 11 is 0. The molecule has 0 aliphatic heterocycles. The highest BCUT2D eigenvalue weighted by Crippen LogP contribution is 2.18. The molecule has 0 radical (unpaired) electrons. The summed E-state index contributed by atoms with van der Waals surface area (Å²) < 4.78 is 3.15. The van der Waals surface area contributed by atoms with Gasteiger partial charge < -0.3 is 9.80 Å². The molecule has 0 bridgehead atoms. The van der Waals surface area contributed by atoms with E-state index in [0.29, 0.717) is 12.2 Å². The van der Waals surface area contributed by atoms with E-state index in [9.17, 15) is 9.59 Å². The molecule has 2 aromatic rings. The van der Waals surface area contributed by atoms with Crippen LogP contribution in [-0.2, 0) is 17.9 Å². The molecule has 8 heteroatoms. The molecule has 2 rings (SSSR count). The minimum atomic E-state index is -0.294. The van der Waals surface area contributed by atoms with Gasteiger partial charge >= 0.3 is 0 Å². The van der Waals surface area contributed by atoms with Crippen LogP contribution in [0.5, 0.6) is 0 Å². The van der Waals surface area contributed by atoms with Crippen LogP contribution in [-0.4, -0.2) is 51.5 Å². The fourth-order valence-corrected chi connectivity index (χ4v) is 2.79. The van der Waals surface area contributed by atoms with Crippen LogP contribution in [0.1, 0.15) is 36.8 Å². The molecule has 0 aliphatic rings. The Morgan fingerprint density at radius 3 is 2.38 bits per heavy atom. The van der Waals surface area contributed by atoms with E-state index in [1.807, 2.05) is 32.6 Å². The van der Waals surface area contributed by atoms with Gasteiger partial charge in [-0.1, -0.05) is 0 Å². The molecule has 0 saturated heterocycles. The molecular weight excluding hydrogens is 332 g/mol. The third kappa shape index (κ3) is 4.12. The van der Waals surface area contributed by atoms with Gasteiger partial charge in [0.15, 0.2) is 0 Å². The molecule has 0 atom stereocenters. The maximum Gasteiger partial charge on any atom is 0.269 e. The van der Waals surface area contributed by atoms with Crippen molar-refractivity contribution in [3.05, 3.63) is 39.6 Å². The maximum absolute atomic E-state index is 12.5. The second kappa shape index (κ2) is 7.72. The Labute approximate surface area is 154 Å². The molecule has 0 aliphatic carbocycles. The molecule has 0 unspecified atom stereocenters. The van der Waals surface area contributed by atoms with E-state index < -0.39 is 0 Å². The van der Waals surface area contributed by atoms with Gasteiger partial charge in [-0.3, -0.25) is 14.3 Å². The minimum absolute atomic E-state index is 0.0839. The molecule has 1 amide bonds. The van der Waals surface area contributed by atoms with Crippen molar-refractivity contribution in [2.45, 2.75) is 46.8 Å². The van der Waals surface area contributed by atoms with E-state index in [-0.39, 0.29) is 24.1 Å². The number of carbonyl (C=O) groups excluding carboxylic acids is 1. The molecular formula is C18H28N6O2. The first-order valence-corrected chi connectivity index (χ1v) is 8.64. The summed E-state index contributed by atoms with van der Waals surface area (Å²) in [6.07, 6.45) is 1.58. The first-order valence-electron chi connectivity index (χ1n) is 8.64. The summed E-state index contributed by atoms with van der Waals surface area (Å²) in [4.78, 5) is 28.1. The van der Waals surface area contributed by atoms with Crippen LogP contribution in [0, 0.1) is 13.8 Å². The van der Waals surface area contributed by atoms with Crippen molar-refractivity contribution >= 4 is 11.6 Å². The van der Waals surface area contributed by atoms with Crippen LogP contribution in [0.4, 0.5) is 5.69 Å². The number of carbonyl (C=O) groups is 1. The molecule has 0 fully saturated rings. The van der Waals surface area contributed by atoms with E-state index in [0.717, 1.165) is 17.0 Å². The first kappa shape index (κ1) is 19.7. The third-order valence-electron chi connectivity index (χ3n) is 4.44. The van der Waals surface area contributed by atoms with Crippen molar-refractivity contribution in [1.29, 1.82) is 0 Å². The number of rotatable bonds is 6. The van der Waals surface area contributed by atoms with Crippen LogP contribution in [0.3, 0.4) is 0 Å². The monoisotopic (exact) mass is 360 g/mol. The fraction of sp³-hybridized carbons (Fsp3) is 0.556. The summed E-state index contributed by atoms with van der Waals surface area (Å²) in [5.41, 5.74) is 3.43. The van der Waals surface area contributed by atoms with Crippen LogP contribution in [0.15, 0.2) is 17.1 Å². The topological polar surface area (TPSA) is 76.3 Å². The van der Waals surface area contributed by atoms with E-state index in [1.54, 1.807) is 23.0 Å². The van der Waals surface area contributed by atoms with Gasteiger partial charge in [0.1, 0.15) is 6.54 Å². The van der Waals surface area contributed by atoms with Crippen LogP contribution in [0.25, 0.3) is 0 Å². The number of aryl methyl sites for hydroxylation is 1. The van der Waals surface area contributed by atoms with Crippen molar-refractivity contribution in [2.24, 2.45) is 0 Å². The van der Waals surface area contributed by atoms with Crippen LogP contribution < -0.4 is 10.5 Å². The van der Waals surface area contributed by atoms with Gasteiger partial charge in [-0.15, -0.1) is 0 Å². The molecule has 0 aromatic carbocycles. The van der Waals surface area contributed by atoms with Crippen molar-refractivity contribution in [3.8, 4) is 0 Å². The summed E-state index contributed by atoms with van der Waals surface area (Å²) in [7, 11) is 5.40. The number of aromatic nitrogens is 4. The van der Waals surface area contributed by atoms with Crippen LogP contribution >= 0.6 is 0 Å². The summed E-state index contributed by atoms with van der Waals surface area (Å²) in [6, 6.07) is 1.74. The predicted octanol–water partition coefficient (Wildman–Crippen LogP) is 1.36. The number of hydrogen-bond donors (Lipinski definition) is 0. The Morgan fingerprint density at radius 2 is 1.88 bits per heavy atom. The Hall–Kier alpha value is -2.64. The molecule has 2 heterocycles. The van der Waals surface area contributed by atoms with Gasteiger partial charge in [-0.05, 0) is 27.7 Å². The summed E-state index contributed by atoms with van der Waals surface area (Å²) in [5.74, 6) is -0.173. The standard InChI is InChI=1S/C18H28N6O2/c1-12(2)24-14(4)16(13(3)20-24)10-22(7)18(26)11-23-17(25)8-15(9-19-23)21(5)6/h8-9,12H,10-11H2,1-7H3. The maximum atomic E-state index is 12.5. The van der Waals surface area contributed by atoms with E-state index in [2.05, 4.69) is 24.0 Å². The highest BCUT2D eigenvalue weighted by Gasteiger charge is 2.18.